The fourth-order valence-electron chi connectivity index (χ4n) is 2.25. The van der Waals surface area contributed by atoms with Gasteiger partial charge in [-0.1, -0.05) is 0 Å². The van der Waals surface area contributed by atoms with Crippen molar-refractivity contribution in [1.82, 2.24) is 0 Å². The van der Waals surface area contributed by atoms with E-state index in [9.17, 15) is 18.5 Å². The molecule has 0 aliphatic carbocycles. The van der Waals surface area contributed by atoms with Crippen LogP contribution in [0.4, 0.5) is 11.4 Å². The van der Waals surface area contributed by atoms with Crippen molar-refractivity contribution in [2.75, 3.05) is 23.4 Å². The van der Waals surface area contributed by atoms with Crippen molar-refractivity contribution < 1.29 is 13.3 Å². The maximum atomic E-state index is 11.3. The van der Waals surface area contributed by atoms with E-state index in [1.165, 1.54) is 12.1 Å². The molecule has 0 radical (unpaired) electrons. The number of nitrogens with one attached hydrogen (secondary N) is 1. The molecule has 6 nitrogen and oxygen atoms in total. The van der Waals surface area contributed by atoms with E-state index in [0.29, 0.717) is 13.0 Å². The molecule has 0 saturated carbocycles. The van der Waals surface area contributed by atoms with Gasteiger partial charge in [0.2, 0.25) is 0 Å². The van der Waals surface area contributed by atoms with Crippen molar-refractivity contribution in [1.29, 1.82) is 0 Å². The van der Waals surface area contributed by atoms with Crippen LogP contribution in [0.1, 0.15) is 12.0 Å². The summed E-state index contributed by atoms with van der Waals surface area (Å²) in [6.07, 6.45) is 0.682. The van der Waals surface area contributed by atoms with Crippen molar-refractivity contribution >= 4 is 21.2 Å². The molecule has 1 aliphatic heterocycles. The Labute approximate surface area is 111 Å². The second-order valence-electron chi connectivity index (χ2n) is 4.91. The highest BCUT2D eigenvalue weighted by Gasteiger charge is 2.27. The van der Waals surface area contributed by atoms with Gasteiger partial charge in [0, 0.05) is 24.4 Å². The van der Waals surface area contributed by atoms with E-state index in [1.807, 2.05) is 0 Å². The van der Waals surface area contributed by atoms with Gasteiger partial charge >= 0.3 is 0 Å². The minimum Gasteiger partial charge on any atom is -0.385 e. The van der Waals surface area contributed by atoms with Gasteiger partial charge in [0.15, 0.2) is 9.84 Å². The minimum absolute atomic E-state index is 0.0616. The summed E-state index contributed by atoms with van der Waals surface area (Å²) >= 11 is 0. The highest BCUT2D eigenvalue weighted by molar-refractivity contribution is 7.91. The molecule has 0 bridgehead atoms. The van der Waals surface area contributed by atoms with Crippen LogP contribution in [0, 0.1) is 23.0 Å². The smallest absolute Gasteiger partial charge is 0.269 e. The molecule has 104 valence electrons. The van der Waals surface area contributed by atoms with Crippen molar-refractivity contribution in [3.63, 3.8) is 0 Å². The molecule has 1 saturated heterocycles. The van der Waals surface area contributed by atoms with Gasteiger partial charge in [-0.15, -0.1) is 0 Å². The largest absolute Gasteiger partial charge is 0.385 e. The first-order chi connectivity index (χ1) is 8.87. The standard InChI is InChI=1S/C12H16N2O4S/c1-9-6-11(14(15)16)2-3-12(9)13-7-10-4-5-19(17,18)8-10/h2-3,6,10,13H,4-5,7-8H2,1H3. The number of hydrogen-bond acceptors (Lipinski definition) is 5. The van der Waals surface area contributed by atoms with E-state index in [-0.39, 0.29) is 23.1 Å². The Balaban J connectivity index is 1.99. The number of non-ortho nitro benzene ring substituents is 1. The van der Waals surface area contributed by atoms with Gasteiger partial charge in [-0.25, -0.2) is 8.42 Å². The lowest BCUT2D eigenvalue weighted by Gasteiger charge is -2.12. The van der Waals surface area contributed by atoms with Crippen LogP contribution in [-0.4, -0.2) is 31.4 Å². The molecule has 19 heavy (non-hydrogen) atoms. The maximum absolute atomic E-state index is 11.3. The number of aryl methyl sites for hydroxylation is 1. The van der Waals surface area contributed by atoms with Crippen LogP contribution in [0.2, 0.25) is 0 Å². The monoisotopic (exact) mass is 284 g/mol. The molecular formula is C12H16N2O4S. The molecular weight excluding hydrogens is 268 g/mol. The van der Waals surface area contributed by atoms with E-state index in [0.717, 1.165) is 11.3 Å². The van der Waals surface area contributed by atoms with Crippen LogP contribution in [-0.2, 0) is 9.84 Å². The molecule has 1 atom stereocenters. The van der Waals surface area contributed by atoms with Gasteiger partial charge in [-0.05, 0) is 30.9 Å². The molecule has 7 heteroatoms. The zero-order valence-corrected chi connectivity index (χ0v) is 11.4. The van der Waals surface area contributed by atoms with Gasteiger partial charge in [0.05, 0.1) is 16.4 Å². The molecule has 1 aromatic rings. The Morgan fingerprint density at radius 2 is 2.21 bits per heavy atom. The van der Waals surface area contributed by atoms with Crippen LogP contribution in [0.5, 0.6) is 0 Å². The molecule has 2 rings (SSSR count). The number of rotatable bonds is 4. The molecule has 1 aliphatic rings. The summed E-state index contributed by atoms with van der Waals surface area (Å²) in [5, 5.41) is 13.8. The molecule has 1 aromatic carbocycles. The molecule has 0 aromatic heterocycles. The number of hydrogen-bond donors (Lipinski definition) is 1. The molecule has 1 unspecified atom stereocenters. The van der Waals surface area contributed by atoms with E-state index < -0.39 is 14.8 Å². The predicted octanol–water partition coefficient (Wildman–Crippen LogP) is 1.75. The molecule has 1 fully saturated rings. The van der Waals surface area contributed by atoms with Gasteiger partial charge < -0.3 is 5.32 Å². The fraction of sp³-hybridized carbons (Fsp3) is 0.500. The second kappa shape index (κ2) is 5.16. The number of nitro groups is 1. The van der Waals surface area contributed by atoms with Crippen molar-refractivity contribution in [2.45, 2.75) is 13.3 Å². The predicted molar refractivity (Wildman–Crippen MR) is 73.1 cm³/mol. The number of nitro benzene ring substituents is 1. The van der Waals surface area contributed by atoms with E-state index in [4.69, 9.17) is 0 Å². The third-order valence-electron chi connectivity index (χ3n) is 3.33. The summed E-state index contributed by atoms with van der Waals surface area (Å²) in [5.74, 6) is 0.615. The summed E-state index contributed by atoms with van der Waals surface area (Å²) in [5.41, 5.74) is 1.66. The fourth-order valence-corrected chi connectivity index (χ4v) is 4.11. The highest BCUT2D eigenvalue weighted by Crippen LogP contribution is 2.23. The van der Waals surface area contributed by atoms with Crippen LogP contribution in [0.25, 0.3) is 0 Å². The van der Waals surface area contributed by atoms with Crippen LogP contribution in [0.15, 0.2) is 18.2 Å². The third kappa shape index (κ3) is 3.44. The normalized spacial score (nSPS) is 21.2. The first kappa shape index (κ1) is 13.8. The Morgan fingerprint density at radius 3 is 2.74 bits per heavy atom. The summed E-state index contributed by atoms with van der Waals surface area (Å²) in [6.45, 7) is 2.37. The minimum atomic E-state index is -2.86. The summed E-state index contributed by atoms with van der Waals surface area (Å²) in [7, 11) is -2.86. The summed E-state index contributed by atoms with van der Waals surface area (Å²) in [6, 6.07) is 4.62. The lowest BCUT2D eigenvalue weighted by Crippen LogP contribution is -2.16. The van der Waals surface area contributed by atoms with E-state index in [2.05, 4.69) is 5.32 Å². The second-order valence-corrected chi connectivity index (χ2v) is 7.14. The molecule has 1 N–H and O–H groups in total. The summed E-state index contributed by atoms with van der Waals surface area (Å²) < 4.78 is 22.7. The van der Waals surface area contributed by atoms with E-state index >= 15 is 0 Å². The van der Waals surface area contributed by atoms with Crippen molar-refractivity contribution in [2.24, 2.45) is 5.92 Å². The Kier molecular flexibility index (Phi) is 3.75. The quantitative estimate of drug-likeness (QED) is 0.672. The zero-order chi connectivity index (χ0) is 14.0. The molecule has 0 spiro atoms. The van der Waals surface area contributed by atoms with Crippen LogP contribution < -0.4 is 5.32 Å². The van der Waals surface area contributed by atoms with Gasteiger partial charge in [-0.2, -0.15) is 0 Å². The third-order valence-corrected chi connectivity index (χ3v) is 5.17. The Bertz CT molecular complexity index is 598. The maximum Gasteiger partial charge on any atom is 0.269 e. The topological polar surface area (TPSA) is 89.3 Å². The van der Waals surface area contributed by atoms with Gasteiger partial charge in [-0.3, -0.25) is 10.1 Å². The number of nitrogens with zero attached hydrogens (tertiary/aromatic N) is 1. The highest BCUT2D eigenvalue weighted by atomic mass is 32.2. The SMILES string of the molecule is Cc1cc([N+](=O)[O-])ccc1NCC1CCS(=O)(=O)C1. The van der Waals surface area contributed by atoms with Crippen LogP contribution in [0.3, 0.4) is 0 Å². The van der Waals surface area contributed by atoms with Crippen molar-refractivity contribution in [3.05, 3.63) is 33.9 Å². The van der Waals surface area contributed by atoms with Gasteiger partial charge in [0.1, 0.15) is 0 Å². The number of anilines is 1. The van der Waals surface area contributed by atoms with E-state index in [1.54, 1.807) is 13.0 Å². The Morgan fingerprint density at radius 1 is 1.47 bits per heavy atom. The number of sulfone groups is 1. The lowest BCUT2D eigenvalue weighted by atomic mass is 10.1. The van der Waals surface area contributed by atoms with Crippen LogP contribution >= 0.6 is 0 Å². The Hall–Kier alpha value is -1.63. The molecule has 1 heterocycles. The first-order valence-corrected chi connectivity index (χ1v) is 7.89. The lowest BCUT2D eigenvalue weighted by molar-refractivity contribution is -0.384. The average molecular weight is 284 g/mol. The first-order valence-electron chi connectivity index (χ1n) is 6.07. The molecule has 0 amide bonds. The number of benzene rings is 1. The summed E-state index contributed by atoms with van der Waals surface area (Å²) in [4.78, 5) is 10.2. The average Bonchev–Trinajstić information content (AvgIpc) is 2.67. The van der Waals surface area contributed by atoms with Crippen molar-refractivity contribution in [3.8, 4) is 0 Å². The van der Waals surface area contributed by atoms with Gasteiger partial charge in [0.25, 0.3) is 5.69 Å². The zero-order valence-electron chi connectivity index (χ0n) is 10.6.